The standard InChI is InChI=1S/C13H8Cl2N2O2S/c14-7-1-2-9(10(15)3-7)11-6-17-5-8(4-12(18)19)20-13(17)16-11/h1-3,5-6H,4H2,(H,18,19). The first-order valence-electron chi connectivity index (χ1n) is 5.67. The number of aliphatic carboxylic acids is 1. The van der Waals surface area contributed by atoms with E-state index in [4.69, 9.17) is 28.3 Å². The molecule has 1 N–H and O–H groups in total. The summed E-state index contributed by atoms with van der Waals surface area (Å²) < 4.78 is 1.81. The Morgan fingerprint density at radius 1 is 1.35 bits per heavy atom. The van der Waals surface area contributed by atoms with Crippen molar-refractivity contribution < 1.29 is 9.90 Å². The van der Waals surface area contributed by atoms with E-state index in [2.05, 4.69) is 4.98 Å². The second-order valence-corrected chi connectivity index (χ2v) is 6.15. The van der Waals surface area contributed by atoms with Crippen LogP contribution in [0.1, 0.15) is 4.88 Å². The molecule has 3 aromatic rings. The Morgan fingerprint density at radius 2 is 2.15 bits per heavy atom. The molecule has 0 fully saturated rings. The van der Waals surface area contributed by atoms with Gasteiger partial charge in [-0.1, -0.05) is 23.2 Å². The Bertz CT molecular complexity index is 778. The quantitative estimate of drug-likeness (QED) is 0.791. The van der Waals surface area contributed by atoms with Gasteiger partial charge in [0.1, 0.15) is 0 Å². The van der Waals surface area contributed by atoms with E-state index in [1.807, 2.05) is 16.7 Å². The lowest BCUT2D eigenvalue weighted by Gasteiger charge is -2.00. The van der Waals surface area contributed by atoms with Gasteiger partial charge in [0.05, 0.1) is 17.1 Å². The van der Waals surface area contributed by atoms with Crippen LogP contribution in [0.4, 0.5) is 0 Å². The van der Waals surface area contributed by atoms with E-state index in [1.54, 1.807) is 18.3 Å². The Hall–Kier alpha value is -1.56. The molecule has 0 amide bonds. The molecule has 1 aromatic carbocycles. The number of nitrogens with zero attached hydrogens (tertiary/aromatic N) is 2. The number of carboxylic acid groups (broad SMARTS) is 1. The Balaban J connectivity index is 2.01. The summed E-state index contributed by atoms with van der Waals surface area (Å²) in [6, 6.07) is 5.24. The first kappa shape index (κ1) is 13.4. The predicted octanol–water partition coefficient (Wildman–Crippen LogP) is 4.00. The minimum Gasteiger partial charge on any atom is -0.481 e. The molecule has 0 atom stereocenters. The van der Waals surface area contributed by atoms with Gasteiger partial charge in [0.15, 0.2) is 4.96 Å². The smallest absolute Gasteiger partial charge is 0.308 e. The number of carboxylic acids is 1. The van der Waals surface area contributed by atoms with Gasteiger partial charge in [0.25, 0.3) is 0 Å². The topological polar surface area (TPSA) is 54.6 Å². The largest absolute Gasteiger partial charge is 0.481 e. The van der Waals surface area contributed by atoms with Gasteiger partial charge < -0.3 is 5.11 Å². The summed E-state index contributed by atoms with van der Waals surface area (Å²) in [4.78, 5) is 16.6. The highest BCUT2D eigenvalue weighted by atomic mass is 35.5. The highest BCUT2D eigenvalue weighted by Crippen LogP contribution is 2.31. The fourth-order valence-electron chi connectivity index (χ4n) is 1.90. The summed E-state index contributed by atoms with van der Waals surface area (Å²) in [6.45, 7) is 0. The molecule has 2 heterocycles. The number of benzene rings is 1. The molecule has 102 valence electrons. The number of hydrogen-bond acceptors (Lipinski definition) is 3. The summed E-state index contributed by atoms with van der Waals surface area (Å²) in [5.41, 5.74) is 1.53. The van der Waals surface area contributed by atoms with Crippen LogP contribution in [0.3, 0.4) is 0 Å². The second-order valence-electron chi connectivity index (χ2n) is 4.21. The van der Waals surface area contributed by atoms with Gasteiger partial charge in [0.2, 0.25) is 0 Å². The Kier molecular flexibility index (Phi) is 3.41. The zero-order chi connectivity index (χ0) is 14.3. The molecular weight excluding hydrogens is 319 g/mol. The predicted molar refractivity (Wildman–Crippen MR) is 79.9 cm³/mol. The molecule has 0 radical (unpaired) electrons. The highest BCUT2D eigenvalue weighted by molar-refractivity contribution is 7.17. The van der Waals surface area contributed by atoms with Crippen molar-refractivity contribution in [2.75, 3.05) is 0 Å². The zero-order valence-corrected chi connectivity index (χ0v) is 12.3. The summed E-state index contributed by atoms with van der Waals surface area (Å²) in [7, 11) is 0. The van der Waals surface area contributed by atoms with Gasteiger partial charge >= 0.3 is 5.97 Å². The fourth-order valence-corrected chi connectivity index (χ4v) is 3.36. The zero-order valence-electron chi connectivity index (χ0n) is 10.0. The molecule has 0 saturated heterocycles. The van der Waals surface area contributed by atoms with Crippen LogP contribution < -0.4 is 0 Å². The third-order valence-electron chi connectivity index (χ3n) is 2.74. The summed E-state index contributed by atoms with van der Waals surface area (Å²) in [5.74, 6) is -0.851. The normalized spacial score (nSPS) is 11.1. The average Bonchev–Trinajstić information content (AvgIpc) is 2.85. The van der Waals surface area contributed by atoms with Crippen LogP contribution in [-0.4, -0.2) is 20.5 Å². The number of halogens is 2. The molecule has 0 aliphatic carbocycles. The number of fused-ring (bicyclic) bond motifs is 1. The molecule has 20 heavy (non-hydrogen) atoms. The molecule has 2 aromatic heterocycles. The SMILES string of the molecule is O=C(O)Cc1cn2cc(-c3ccc(Cl)cc3Cl)nc2s1. The molecule has 7 heteroatoms. The van der Waals surface area contributed by atoms with Crippen LogP contribution in [-0.2, 0) is 11.2 Å². The van der Waals surface area contributed by atoms with E-state index < -0.39 is 5.97 Å². The minimum absolute atomic E-state index is 0.00502. The van der Waals surface area contributed by atoms with Crippen LogP contribution in [0, 0.1) is 0 Å². The van der Waals surface area contributed by atoms with Crippen LogP contribution in [0.15, 0.2) is 30.6 Å². The van der Waals surface area contributed by atoms with Crippen molar-refractivity contribution in [1.29, 1.82) is 0 Å². The maximum Gasteiger partial charge on any atom is 0.308 e. The number of hydrogen-bond donors (Lipinski definition) is 1. The minimum atomic E-state index is -0.851. The maximum atomic E-state index is 10.7. The Labute approximate surface area is 128 Å². The van der Waals surface area contributed by atoms with Crippen molar-refractivity contribution in [2.24, 2.45) is 0 Å². The third kappa shape index (κ3) is 2.52. The number of aromatic nitrogens is 2. The van der Waals surface area contributed by atoms with E-state index in [0.717, 1.165) is 21.1 Å². The average molecular weight is 327 g/mol. The monoisotopic (exact) mass is 326 g/mol. The number of rotatable bonds is 3. The van der Waals surface area contributed by atoms with Crippen LogP contribution >= 0.6 is 34.5 Å². The Morgan fingerprint density at radius 3 is 2.80 bits per heavy atom. The summed E-state index contributed by atoms with van der Waals surface area (Å²) in [5, 5.41) is 9.88. The van der Waals surface area contributed by atoms with Gasteiger partial charge in [-0.25, -0.2) is 4.98 Å². The molecule has 0 unspecified atom stereocenters. The lowest BCUT2D eigenvalue weighted by molar-refractivity contribution is -0.136. The molecule has 0 bridgehead atoms. The fraction of sp³-hybridized carbons (Fsp3) is 0.0769. The summed E-state index contributed by atoms with van der Waals surface area (Å²) in [6.07, 6.45) is 3.60. The van der Waals surface area contributed by atoms with Crippen molar-refractivity contribution in [3.8, 4) is 11.3 Å². The van der Waals surface area contributed by atoms with E-state index in [-0.39, 0.29) is 6.42 Å². The molecule has 0 spiro atoms. The van der Waals surface area contributed by atoms with Crippen molar-refractivity contribution in [3.63, 3.8) is 0 Å². The molecule has 4 nitrogen and oxygen atoms in total. The molecular formula is C13H8Cl2N2O2S. The van der Waals surface area contributed by atoms with Gasteiger partial charge in [0, 0.05) is 27.9 Å². The van der Waals surface area contributed by atoms with Gasteiger partial charge in [-0.15, -0.1) is 11.3 Å². The van der Waals surface area contributed by atoms with Gasteiger partial charge in [-0.05, 0) is 18.2 Å². The first-order chi connectivity index (χ1) is 9.52. The molecule has 0 aliphatic rings. The molecule has 3 rings (SSSR count). The number of thiazole rings is 1. The molecule has 0 saturated carbocycles. The highest BCUT2D eigenvalue weighted by Gasteiger charge is 2.12. The first-order valence-corrected chi connectivity index (χ1v) is 7.25. The lowest BCUT2D eigenvalue weighted by Crippen LogP contribution is -1.97. The number of imidazole rings is 1. The van der Waals surface area contributed by atoms with Crippen molar-refractivity contribution in [3.05, 3.63) is 45.5 Å². The molecule has 0 aliphatic heterocycles. The van der Waals surface area contributed by atoms with Crippen LogP contribution in [0.25, 0.3) is 16.2 Å². The van der Waals surface area contributed by atoms with Gasteiger partial charge in [-0.3, -0.25) is 9.20 Å². The van der Waals surface area contributed by atoms with E-state index in [1.165, 1.54) is 11.3 Å². The number of carbonyl (C=O) groups is 1. The second kappa shape index (κ2) is 5.09. The van der Waals surface area contributed by atoms with E-state index in [9.17, 15) is 4.79 Å². The van der Waals surface area contributed by atoms with E-state index >= 15 is 0 Å². The van der Waals surface area contributed by atoms with Crippen molar-refractivity contribution >= 4 is 45.5 Å². The van der Waals surface area contributed by atoms with Gasteiger partial charge in [-0.2, -0.15) is 0 Å². The lowest BCUT2D eigenvalue weighted by atomic mass is 10.2. The maximum absolute atomic E-state index is 10.7. The van der Waals surface area contributed by atoms with Crippen molar-refractivity contribution in [2.45, 2.75) is 6.42 Å². The summed E-state index contributed by atoms with van der Waals surface area (Å²) >= 11 is 13.4. The van der Waals surface area contributed by atoms with Crippen LogP contribution in [0.5, 0.6) is 0 Å². The van der Waals surface area contributed by atoms with Crippen molar-refractivity contribution in [1.82, 2.24) is 9.38 Å². The van der Waals surface area contributed by atoms with E-state index in [0.29, 0.717) is 10.0 Å². The third-order valence-corrected chi connectivity index (χ3v) is 4.28. The van der Waals surface area contributed by atoms with Crippen LogP contribution in [0.2, 0.25) is 10.0 Å².